The third kappa shape index (κ3) is 7.46. The quantitative estimate of drug-likeness (QED) is 0.0842. The molecule has 7 aromatic carbocycles. The summed E-state index contributed by atoms with van der Waals surface area (Å²) in [4.78, 5) is 0. The van der Waals surface area contributed by atoms with Crippen LogP contribution in [0.2, 0.25) is 0 Å². The van der Waals surface area contributed by atoms with Gasteiger partial charge < -0.3 is 31.2 Å². The fraction of sp³-hybridized carbons (Fsp3) is 0. The van der Waals surface area contributed by atoms with E-state index in [1.165, 1.54) is 12.1 Å². The topological polar surface area (TPSA) is 111 Å². The lowest BCUT2D eigenvalue weighted by Gasteiger charge is -2.18. The third-order valence-corrected chi connectivity index (χ3v) is 8.00. The summed E-state index contributed by atoms with van der Waals surface area (Å²) in [6.07, 6.45) is 0. The summed E-state index contributed by atoms with van der Waals surface area (Å²) in [5.74, 6) is 21.4. The zero-order chi connectivity index (χ0) is 35.9. The molecule has 0 atom stereocenters. The Labute approximate surface area is 301 Å². The molecule has 0 aliphatic heterocycles. The van der Waals surface area contributed by atoms with Crippen LogP contribution in [0.15, 0.2) is 146 Å². The molecule has 0 fully saturated rings. The molecule has 0 radical (unpaired) electrons. The van der Waals surface area contributed by atoms with Gasteiger partial charge in [0, 0.05) is 45.2 Å². The Hall–Kier alpha value is -7.72. The van der Waals surface area contributed by atoms with E-state index in [1.807, 2.05) is 109 Å². The largest absolute Gasteiger partial charge is 0.506 e. The predicted octanol–water partition coefficient (Wildman–Crippen LogP) is 9.20. The SMILES string of the molecule is Nc1cc(Oc2cc(C#Cc3ccccc3)c(C#Cc3ccccc3)c3c(Oc4ccc(O)c(N)c4)c(C#Cc4ccccc4)ccc23)ccc1O. The lowest BCUT2D eigenvalue weighted by molar-refractivity contribution is 0.466. The van der Waals surface area contributed by atoms with Gasteiger partial charge in [-0.1, -0.05) is 90.1 Å². The molecule has 7 rings (SSSR count). The van der Waals surface area contributed by atoms with Crippen LogP contribution in [0, 0.1) is 35.5 Å². The molecule has 0 unspecified atom stereocenters. The maximum absolute atomic E-state index is 10.2. The molecule has 0 aliphatic rings. The summed E-state index contributed by atoms with van der Waals surface area (Å²) in [5.41, 5.74) is 16.7. The highest BCUT2D eigenvalue weighted by atomic mass is 16.5. The van der Waals surface area contributed by atoms with Gasteiger partial charge in [0.05, 0.1) is 22.5 Å². The Morgan fingerprint density at radius 3 is 1.44 bits per heavy atom. The average molecular weight is 675 g/mol. The van der Waals surface area contributed by atoms with Crippen LogP contribution in [0.3, 0.4) is 0 Å². The monoisotopic (exact) mass is 674 g/mol. The zero-order valence-electron chi connectivity index (χ0n) is 27.7. The smallest absolute Gasteiger partial charge is 0.152 e. The fourth-order valence-electron chi connectivity index (χ4n) is 5.38. The summed E-state index contributed by atoms with van der Waals surface area (Å²) in [5, 5.41) is 21.5. The maximum Gasteiger partial charge on any atom is 0.152 e. The Morgan fingerprint density at radius 2 is 0.923 bits per heavy atom. The number of nitrogen functional groups attached to an aromatic ring is 2. The van der Waals surface area contributed by atoms with Crippen LogP contribution in [0.25, 0.3) is 10.8 Å². The highest BCUT2D eigenvalue weighted by Crippen LogP contribution is 2.43. The number of phenolic OH excluding ortho intramolecular Hbond substituents is 2. The summed E-state index contributed by atoms with van der Waals surface area (Å²) in [6.45, 7) is 0. The molecule has 0 saturated heterocycles. The summed E-state index contributed by atoms with van der Waals surface area (Å²) < 4.78 is 13.2. The van der Waals surface area contributed by atoms with E-state index in [0.717, 1.165) is 16.7 Å². The predicted molar refractivity (Wildman–Crippen MR) is 206 cm³/mol. The Kier molecular flexibility index (Phi) is 9.34. The first-order valence-electron chi connectivity index (χ1n) is 16.3. The van der Waals surface area contributed by atoms with Crippen molar-refractivity contribution in [3.8, 4) is 70.0 Å². The summed E-state index contributed by atoms with van der Waals surface area (Å²) in [7, 11) is 0. The number of ether oxygens (including phenoxy) is 2. The van der Waals surface area contributed by atoms with E-state index >= 15 is 0 Å². The molecule has 52 heavy (non-hydrogen) atoms. The van der Waals surface area contributed by atoms with Crippen molar-refractivity contribution >= 4 is 22.1 Å². The van der Waals surface area contributed by atoms with Crippen molar-refractivity contribution in [3.05, 3.63) is 179 Å². The number of aromatic hydroxyl groups is 2. The number of hydrogen-bond donors (Lipinski definition) is 4. The molecular weight excluding hydrogens is 645 g/mol. The second-order valence-electron chi connectivity index (χ2n) is 11.7. The van der Waals surface area contributed by atoms with E-state index in [2.05, 4.69) is 35.5 Å². The number of benzene rings is 7. The van der Waals surface area contributed by atoms with Crippen LogP contribution < -0.4 is 20.9 Å². The van der Waals surface area contributed by atoms with Crippen molar-refractivity contribution in [2.24, 2.45) is 0 Å². The summed E-state index contributed by atoms with van der Waals surface area (Å²) in [6, 6.07) is 43.9. The molecule has 0 amide bonds. The van der Waals surface area contributed by atoms with Gasteiger partial charge in [-0.2, -0.15) is 0 Å². The van der Waals surface area contributed by atoms with Crippen molar-refractivity contribution in [1.82, 2.24) is 0 Å². The van der Waals surface area contributed by atoms with Gasteiger partial charge in [0.25, 0.3) is 0 Å². The van der Waals surface area contributed by atoms with E-state index in [1.54, 1.807) is 24.3 Å². The molecule has 0 aromatic heterocycles. The maximum atomic E-state index is 10.2. The molecule has 6 N–H and O–H groups in total. The van der Waals surface area contributed by atoms with Crippen LogP contribution in [-0.2, 0) is 0 Å². The fourth-order valence-corrected chi connectivity index (χ4v) is 5.38. The number of fused-ring (bicyclic) bond motifs is 1. The van der Waals surface area contributed by atoms with Gasteiger partial charge in [-0.3, -0.25) is 0 Å². The van der Waals surface area contributed by atoms with Crippen LogP contribution in [0.4, 0.5) is 11.4 Å². The lowest BCUT2D eigenvalue weighted by atomic mass is 9.94. The normalized spacial score (nSPS) is 10.2. The van der Waals surface area contributed by atoms with Gasteiger partial charge in [0.2, 0.25) is 0 Å². The standard InChI is InChI=1S/C46H30N2O4/c47-40-29-36(22-26-42(40)49)51-44-28-35(20-17-32-12-6-2-7-13-32)38(24-18-33-14-8-3-9-15-33)45-39(44)25-21-34(19-16-31-10-4-1-5-11-31)46(45)52-37-23-27-43(50)41(48)30-37/h1-15,21-23,25-30,49-50H,47-48H2. The molecule has 0 saturated carbocycles. The van der Waals surface area contributed by atoms with Crippen LogP contribution >= 0.6 is 0 Å². The van der Waals surface area contributed by atoms with Gasteiger partial charge in [-0.05, 0) is 78.9 Å². The van der Waals surface area contributed by atoms with Crippen molar-refractivity contribution in [1.29, 1.82) is 0 Å². The van der Waals surface area contributed by atoms with Crippen LogP contribution in [0.1, 0.15) is 33.4 Å². The van der Waals surface area contributed by atoms with E-state index < -0.39 is 0 Å². The first-order chi connectivity index (χ1) is 25.4. The van der Waals surface area contributed by atoms with Gasteiger partial charge in [-0.15, -0.1) is 0 Å². The van der Waals surface area contributed by atoms with Gasteiger partial charge in [0.1, 0.15) is 28.7 Å². The van der Waals surface area contributed by atoms with E-state index in [9.17, 15) is 10.2 Å². The van der Waals surface area contributed by atoms with E-state index in [0.29, 0.717) is 50.5 Å². The minimum Gasteiger partial charge on any atom is -0.506 e. The number of hydrogen-bond acceptors (Lipinski definition) is 6. The highest BCUT2D eigenvalue weighted by molar-refractivity contribution is 6.01. The minimum atomic E-state index is -0.0638. The average Bonchev–Trinajstić information content (AvgIpc) is 3.17. The van der Waals surface area contributed by atoms with Crippen LogP contribution in [0.5, 0.6) is 34.5 Å². The first-order valence-corrected chi connectivity index (χ1v) is 16.3. The molecule has 0 bridgehead atoms. The van der Waals surface area contributed by atoms with Crippen LogP contribution in [-0.4, -0.2) is 10.2 Å². The summed E-state index contributed by atoms with van der Waals surface area (Å²) >= 11 is 0. The molecule has 248 valence electrons. The Bertz CT molecular complexity index is 2620. The van der Waals surface area contributed by atoms with Gasteiger partial charge in [0.15, 0.2) is 5.75 Å². The number of nitrogens with two attached hydrogens (primary N) is 2. The Morgan fingerprint density at radius 1 is 0.442 bits per heavy atom. The van der Waals surface area contributed by atoms with E-state index in [4.69, 9.17) is 20.9 Å². The van der Waals surface area contributed by atoms with E-state index in [-0.39, 0.29) is 22.9 Å². The van der Waals surface area contributed by atoms with Gasteiger partial charge in [-0.25, -0.2) is 0 Å². The molecule has 6 nitrogen and oxygen atoms in total. The van der Waals surface area contributed by atoms with Gasteiger partial charge >= 0.3 is 0 Å². The molecule has 0 spiro atoms. The zero-order valence-corrected chi connectivity index (χ0v) is 27.7. The van der Waals surface area contributed by atoms with Crippen molar-refractivity contribution in [3.63, 3.8) is 0 Å². The number of rotatable bonds is 4. The minimum absolute atomic E-state index is 0.0522. The van der Waals surface area contributed by atoms with Crippen molar-refractivity contribution in [2.75, 3.05) is 11.5 Å². The number of anilines is 2. The lowest BCUT2D eigenvalue weighted by Crippen LogP contribution is -1.98. The first kappa shape index (κ1) is 32.8. The highest BCUT2D eigenvalue weighted by Gasteiger charge is 2.20. The second kappa shape index (κ2) is 14.8. The van der Waals surface area contributed by atoms with Crippen molar-refractivity contribution < 1.29 is 19.7 Å². The third-order valence-electron chi connectivity index (χ3n) is 8.00. The second-order valence-corrected chi connectivity index (χ2v) is 11.7. The number of phenols is 2. The molecule has 7 aromatic rings. The Balaban J connectivity index is 1.56. The molecular formula is C46H30N2O4. The molecule has 0 aliphatic carbocycles. The molecule has 6 heteroatoms. The molecule has 0 heterocycles. The van der Waals surface area contributed by atoms with Crippen molar-refractivity contribution in [2.45, 2.75) is 0 Å².